The number of rotatable bonds is 12. The number of nitrogens with zero attached hydrogens (tertiary/aromatic N) is 3. The maximum absolute atomic E-state index is 16.0. The van der Waals surface area contributed by atoms with Crippen molar-refractivity contribution in [2.45, 2.75) is 45.5 Å². The van der Waals surface area contributed by atoms with Gasteiger partial charge in [0, 0.05) is 50.6 Å². The quantitative estimate of drug-likeness (QED) is 0.113. The molecule has 3 nitrogen and oxygen atoms in total. The van der Waals surface area contributed by atoms with Gasteiger partial charge in [0.15, 0.2) is 0 Å². The maximum atomic E-state index is 16.0. The summed E-state index contributed by atoms with van der Waals surface area (Å²) in [5.41, 5.74) is 5.27. The molecule has 9 heteroatoms. The molecule has 0 unspecified atom stereocenters. The molecule has 11 aromatic rings. The Morgan fingerprint density at radius 1 is 0.312 bits per heavy atom. The zero-order valence-electron chi connectivity index (χ0n) is 44.6. The van der Waals surface area contributed by atoms with Crippen LogP contribution in [0.25, 0.3) is 27.6 Å². The van der Waals surface area contributed by atoms with Crippen LogP contribution in [-0.2, 0) is 5.41 Å². The minimum absolute atomic E-state index is 0.138. The van der Waals surface area contributed by atoms with E-state index in [2.05, 4.69) is 98.1 Å². The average molecular weight is 1070 g/mol. The number of fused-ring (bicyclic) bond motifs is 2. The summed E-state index contributed by atoms with van der Waals surface area (Å²) in [6, 6.07) is 75.9. The minimum Gasteiger partial charge on any atom is -0.310 e. The van der Waals surface area contributed by atoms with E-state index < -0.39 is 28.9 Å². The third-order valence-corrected chi connectivity index (χ3v) is 14.5. The largest absolute Gasteiger partial charge is 0.411 e. The second-order valence-electron chi connectivity index (χ2n) is 20.0. The van der Waals surface area contributed by atoms with E-state index >= 15 is 26.3 Å². The monoisotopic (exact) mass is 1070 g/mol. The predicted molar refractivity (Wildman–Crippen MR) is 320 cm³/mol. The normalized spacial score (nSPS) is 11.7. The van der Waals surface area contributed by atoms with E-state index in [1.165, 1.54) is 23.3 Å². The number of hydrogen-bond acceptors (Lipinski definition) is 3. The second kappa shape index (κ2) is 22.6. The van der Waals surface area contributed by atoms with Crippen LogP contribution in [0.4, 0.5) is 77.5 Å². The van der Waals surface area contributed by atoms with Crippen LogP contribution in [0.2, 0.25) is 0 Å². The van der Waals surface area contributed by atoms with Crippen molar-refractivity contribution in [2.24, 2.45) is 0 Å². The molecule has 11 rings (SSSR count). The van der Waals surface area contributed by atoms with Gasteiger partial charge in [-0.15, -0.1) is 0 Å². The Kier molecular flexibility index (Phi) is 15.2. The third kappa shape index (κ3) is 10.8. The topological polar surface area (TPSA) is 9.72 Å². The van der Waals surface area contributed by atoms with Gasteiger partial charge in [0.25, 0.3) is 0 Å². The average Bonchev–Trinajstić information content (AvgIpc) is 3.48. The Morgan fingerprint density at radius 2 is 0.625 bits per heavy atom. The van der Waals surface area contributed by atoms with Crippen LogP contribution in [0.15, 0.2) is 261 Å². The third-order valence-electron chi connectivity index (χ3n) is 14.5. The van der Waals surface area contributed by atoms with Gasteiger partial charge >= 0.3 is 12.4 Å². The molecule has 0 radical (unpaired) electrons. The zero-order chi connectivity index (χ0) is 56.2. The molecule has 80 heavy (non-hydrogen) atoms. The van der Waals surface area contributed by atoms with Crippen molar-refractivity contribution in [3.63, 3.8) is 0 Å². The number of halogens is 6. The standard InChI is InChI=1S/C49H36F6N2.C22H21N/c1-33-23-27-39(28-24-33)56(45-21-7-13-35-11-3-5-19-43(35)45)41-17-9-15-37(31-41)47(48(50,51)52,49(53,54)55)38-16-10-18-42(32-38)57(40-29-25-34(2)26-30-40)46-22-8-14-36-12-4-6-20-44(36)46;1-4-19-6-5-7-22(16-19)23(20-12-8-17(2)9-13-20)21-14-10-18(3)11-15-21/h3-32H,1-2H3;4-16H,1H2,2-3H3. The summed E-state index contributed by atoms with van der Waals surface area (Å²) in [6.45, 7) is 11.9. The smallest absolute Gasteiger partial charge is 0.310 e. The molecule has 0 aliphatic carbocycles. The predicted octanol–water partition coefficient (Wildman–Crippen LogP) is 21.4. The fraction of sp³-hybridized carbons (Fsp3) is 0.0986. The summed E-state index contributed by atoms with van der Waals surface area (Å²) < 4.78 is 95.7. The highest BCUT2D eigenvalue weighted by atomic mass is 19.4. The molecular formula is C71H57F6N3. The van der Waals surface area contributed by atoms with Crippen molar-refractivity contribution in [2.75, 3.05) is 14.7 Å². The molecule has 0 aromatic heterocycles. The molecule has 0 spiro atoms. The molecule has 0 heterocycles. The Labute approximate surface area is 463 Å². The lowest BCUT2D eigenvalue weighted by molar-refractivity contribution is -0.288. The summed E-state index contributed by atoms with van der Waals surface area (Å²) in [5, 5.41) is 3.29. The first-order valence-corrected chi connectivity index (χ1v) is 26.2. The lowest BCUT2D eigenvalue weighted by Gasteiger charge is -2.39. The van der Waals surface area contributed by atoms with Gasteiger partial charge in [0.2, 0.25) is 5.41 Å². The van der Waals surface area contributed by atoms with E-state index in [4.69, 9.17) is 0 Å². The van der Waals surface area contributed by atoms with E-state index in [-0.39, 0.29) is 11.4 Å². The minimum atomic E-state index is -5.81. The fourth-order valence-corrected chi connectivity index (χ4v) is 10.4. The van der Waals surface area contributed by atoms with Gasteiger partial charge in [-0.3, -0.25) is 0 Å². The molecule has 0 fully saturated rings. The summed E-state index contributed by atoms with van der Waals surface area (Å²) in [5.74, 6) is 0. The first-order chi connectivity index (χ1) is 38.5. The van der Waals surface area contributed by atoms with Gasteiger partial charge in [-0.25, -0.2) is 0 Å². The number of anilines is 9. The molecule has 0 atom stereocenters. The van der Waals surface area contributed by atoms with Crippen LogP contribution in [0.1, 0.15) is 38.9 Å². The van der Waals surface area contributed by atoms with Gasteiger partial charge in [0.05, 0.1) is 11.4 Å². The summed E-state index contributed by atoms with van der Waals surface area (Å²) in [6.07, 6.45) is -9.75. The molecule has 0 bridgehead atoms. The Bertz CT molecular complexity index is 3700. The molecule has 0 saturated carbocycles. The van der Waals surface area contributed by atoms with E-state index in [0.29, 0.717) is 22.7 Å². The van der Waals surface area contributed by atoms with Crippen molar-refractivity contribution >= 4 is 78.8 Å². The number of aryl methyl sites for hydroxylation is 4. The van der Waals surface area contributed by atoms with Crippen LogP contribution < -0.4 is 14.7 Å². The molecular weight excluding hydrogens is 1010 g/mol. The summed E-state index contributed by atoms with van der Waals surface area (Å²) >= 11 is 0. The van der Waals surface area contributed by atoms with Crippen LogP contribution in [0.5, 0.6) is 0 Å². The van der Waals surface area contributed by atoms with E-state index in [9.17, 15) is 0 Å². The van der Waals surface area contributed by atoms with Crippen LogP contribution in [0, 0.1) is 27.7 Å². The lowest BCUT2D eigenvalue weighted by Crippen LogP contribution is -2.54. The van der Waals surface area contributed by atoms with Crippen LogP contribution >= 0.6 is 0 Å². The number of hydrogen-bond donors (Lipinski definition) is 0. The van der Waals surface area contributed by atoms with Gasteiger partial charge in [0.1, 0.15) is 0 Å². The second-order valence-corrected chi connectivity index (χ2v) is 20.0. The van der Waals surface area contributed by atoms with E-state index in [1.54, 1.807) is 46.2 Å². The molecule has 11 aromatic carbocycles. The number of alkyl halides is 6. The van der Waals surface area contributed by atoms with Crippen molar-refractivity contribution in [3.8, 4) is 0 Å². The van der Waals surface area contributed by atoms with Crippen molar-refractivity contribution in [3.05, 3.63) is 300 Å². The molecule has 0 saturated heterocycles. The van der Waals surface area contributed by atoms with Crippen molar-refractivity contribution in [1.82, 2.24) is 0 Å². The molecule has 0 aliphatic rings. The first-order valence-electron chi connectivity index (χ1n) is 26.2. The van der Waals surface area contributed by atoms with E-state index in [1.807, 2.05) is 129 Å². The molecule has 0 amide bonds. The number of benzene rings is 11. The van der Waals surface area contributed by atoms with Gasteiger partial charge in [-0.1, -0.05) is 193 Å². The summed E-state index contributed by atoms with van der Waals surface area (Å²) in [4.78, 5) is 5.68. The van der Waals surface area contributed by atoms with Crippen molar-refractivity contribution < 1.29 is 26.3 Å². The molecule has 0 N–H and O–H groups in total. The summed E-state index contributed by atoms with van der Waals surface area (Å²) in [7, 11) is 0. The van der Waals surface area contributed by atoms with Gasteiger partial charge in [-0.05, 0) is 152 Å². The van der Waals surface area contributed by atoms with Crippen molar-refractivity contribution in [1.29, 1.82) is 0 Å². The van der Waals surface area contributed by atoms with Crippen LogP contribution in [0.3, 0.4) is 0 Å². The van der Waals surface area contributed by atoms with E-state index in [0.717, 1.165) is 79.6 Å². The fourth-order valence-electron chi connectivity index (χ4n) is 10.4. The molecule has 0 aliphatic heterocycles. The SMILES string of the molecule is C=Cc1cccc(N(c2ccc(C)cc2)c2ccc(C)cc2)c1.Cc1ccc(N(c2cccc(C(c3cccc(N(c4ccc(C)cc4)c4cccc5ccccc45)c3)(C(F)(F)F)C(F)(F)F)c2)c2cccc3ccccc23)cc1. The maximum Gasteiger partial charge on any atom is 0.411 e. The van der Waals surface area contributed by atoms with Gasteiger partial charge < -0.3 is 14.7 Å². The first kappa shape index (κ1) is 54.0. The van der Waals surface area contributed by atoms with Crippen LogP contribution in [-0.4, -0.2) is 12.4 Å². The van der Waals surface area contributed by atoms with Gasteiger partial charge in [-0.2, -0.15) is 26.3 Å². The highest BCUT2D eigenvalue weighted by Gasteiger charge is 2.72. The highest BCUT2D eigenvalue weighted by Crippen LogP contribution is 2.58. The zero-order valence-corrected chi connectivity index (χ0v) is 44.6. The Balaban J connectivity index is 0.000000261. The Morgan fingerprint density at radius 3 is 0.988 bits per heavy atom. The Hall–Kier alpha value is -9.34. The lowest BCUT2D eigenvalue weighted by atomic mass is 9.72. The molecule has 398 valence electrons. The highest BCUT2D eigenvalue weighted by molar-refractivity contribution is 6.00.